The van der Waals surface area contributed by atoms with Crippen LogP contribution in [0.25, 0.3) is 0 Å². The van der Waals surface area contributed by atoms with Gasteiger partial charge in [-0.05, 0) is 35.4 Å². The van der Waals surface area contributed by atoms with Crippen LogP contribution in [0.5, 0.6) is 0 Å². The Kier molecular flexibility index (Phi) is 7.18. The Morgan fingerprint density at radius 2 is 2.19 bits per heavy atom. The summed E-state index contributed by atoms with van der Waals surface area (Å²) in [7, 11) is -3.88. The standard InChI is InChI=1S/C14H17ClN6O4S2/c1-8(18-11(22)7-27(17,23)24)6-26-14-12(20-25-21-14)13(16)19-10-4-2-3-9(15)5-10/h2-5,8H,6-7H2,1H3,(H2,16,19)(H,18,22)(H2,17,23,24)/t8-/m0/s1. The fourth-order valence-corrected chi connectivity index (χ4v) is 3.43. The number of hydrogen-bond acceptors (Lipinski definition) is 8. The minimum Gasteiger partial charge on any atom is -0.352 e. The van der Waals surface area contributed by atoms with E-state index in [0.717, 1.165) is 0 Å². The van der Waals surface area contributed by atoms with E-state index >= 15 is 0 Å². The Balaban J connectivity index is 1.92. The number of aromatic nitrogens is 2. The third-order valence-corrected chi connectivity index (χ3v) is 5.11. The molecule has 0 radical (unpaired) electrons. The predicted octanol–water partition coefficient (Wildman–Crippen LogP) is 1.05. The summed E-state index contributed by atoms with van der Waals surface area (Å²) < 4.78 is 26.5. The smallest absolute Gasteiger partial charge is 0.236 e. The summed E-state index contributed by atoms with van der Waals surface area (Å²) in [5.41, 5.74) is 0.804. The summed E-state index contributed by atoms with van der Waals surface area (Å²) >= 11 is 7.10. The van der Waals surface area contributed by atoms with E-state index in [1.165, 1.54) is 11.8 Å². The molecular formula is C14H17ClN6O4S2. The SMILES string of the molecule is C[C@@H](CSc1nonc1C(=N)Nc1cccc(Cl)c1)NC(=O)CS(N)(=O)=O. The van der Waals surface area contributed by atoms with Crippen LogP contribution in [0.15, 0.2) is 33.9 Å². The number of carbonyl (C=O) groups excluding carboxylic acids is 1. The van der Waals surface area contributed by atoms with Crippen LogP contribution in [0.1, 0.15) is 12.6 Å². The largest absolute Gasteiger partial charge is 0.352 e. The van der Waals surface area contributed by atoms with E-state index < -0.39 is 21.7 Å². The number of carbonyl (C=O) groups is 1. The molecule has 0 aliphatic carbocycles. The van der Waals surface area contributed by atoms with E-state index in [2.05, 4.69) is 20.9 Å². The van der Waals surface area contributed by atoms with Crippen molar-refractivity contribution in [2.24, 2.45) is 5.14 Å². The van der Waals surface area contributed by atoms with Crippen molar-refractivity contribution < 1.29 is 17.8 Å². The lowest BCUT2D eigenvalue weighted by atomic mass is 10.3. The molecule has 0 aliphatic rings. The molecule has 1 aromatic carbocycles. The average Bonchev–Trinajstić information content (AvgIpc) is 2.99. The molecular weight excluding hydrogens is 416 g/mol. The zero-order chi connectivity index (χ0) is 20.0. The van der Waals surface area contributed by atoms with E-state index in [1.54, 1.807) is 31.2 Å². The van der Waals surface area contributed by atoms with Crippen molar-refractivity contribution in [1.29, 1.82) is 5.41 Å². The number of sulfonamides is 1. The maximum Gasteiger partial charge on any atom is 0.236 e. The lowest BCUT2D eigenvalue weighted by molar-refractivity contribution is -0.119. The van der Waals surface area contributed by atoms with Gasteiger partial charge in [0.25, 0.3) is 0 Å². The molecule has 2 aromatic rings. The summed E-state index contributed by atoms with van der Waals surface area (Å²) in [6.07, 6.45) is 0. The molecule has 0 unspecified atom stereocenters. The van der Waals surface area contributed by atoms with Gasteiger partial charge in [-0.25, -0.2) is 18.2 Å². The third kappa shape index (κ3) is 7.17. The average molecular weight is 433 g/mol. The zero-order valence-corrected chi connectivity index (χ0v) is 16.5. The first-order valence-electron chi connectivity index (χ1n) is 7.51. The van der Waals surface area contributed by atoms with E-state index in [0.29, 0.717) is 21.5 Å². The highest BCUT2D eigenvalue weighted by Crippen LogP contribution is 2.22. The van der Waals surface area contributed by atoms with E-state index in [-0.39, 0.29) is 17.6 Å². The monoisotopic (exact) mass is 432 g/mol. The molecule has 146 valence electrons. The second-order valence-corrected chi connectivity index (χ2v) is 8.57. The maximum absolute atomic E-state index is 11.6. The van der Waals surface area contributed by atoms with Gasteiger partial charge in [-0.15, -0.1) is 0 Å². The number of anilines is 1. The number of nitrogens with zero attached hydrogens (tertiary/aromatic N) is 2. The minimum absolute atomic E-state index is 0.0352. The zero-order valence-electron chi connectivity index (χ0n) is 14.1. The van der Waals surface area contributed by atoms with E-state index in [1.807, 2.05) is 0 Å². The van der Waals surface area contributed by atoms with Crippen LogP contribution in [0.2, 0.25) is 5.02 Å². The Bertz CT molecular complexity index is 933. The van der Waals surface area contributed by atoms with Gasteiger partial charge < -0.3 is 10.6 Å². The number of amidine groups is 1. The lowest BCUT2D eigenvalue weighted by Gasteiger charge is -2.12. The van der Waals surface area contributed by atoms with Crippen molar-refractivity contribution in [3.63, 3.8) is 0 Å². The second kappa shape index (κ2) is 9.17. The summed E-state index contributed by atoms with van der Waals surface area (Å²) in [5.74, 6) is -1.17. The summed E-state index contributed by atoms with van der Waals surface area (Å²) in [6, 6.07) is 6.47. The molecule has 10 nitrogen and oxygen atoms in total. The Morgan fingerprint density at radius 1 is 1.44 bits per heavy atom. The first-order valence-corrected chi connectivity index (χ1v) is 10.6. The van der Waals surface area contributed by atoms with Gasteiger partial charge in [-0.2, -0.15) is 0 Å². The number of thioether (sulfide) groups is 1. The van der Waals surface area contributed by atoms with Crippen LogP contribution < -0.4 is 15.8 Å². The predicted molar refractivity (Wildman–Crippen MR) is 103 cm³/mol. The number of hydrogen-bond donors (Lipinski definition) is 4. The molecule has 13 heteroatoms. The number of rotatable bonds is 8. The van der Waals surface area contributed by atoms with Gasteiger partial charge in [0.1, 0.15) is 5.75 Å². The van der Waals surface area contributed by atoms with Gasteiger partial charge in [-0.3, -0.25) is 10.2 Å². The number of primary sulfonamides is 1. The van der Waals surface area contributed by atoms with Gasteiger partial charge in [0.2, 0.25) is 15.9 Å². The van der Waals surface area contributed by atoms with Gasteiger partial charge in [0, 0.05) is 22.5 Å². The normalized spacial score (nSPS) is 12.4. The molecule has 5 N–H and O–H groups in total. The molecule has 0 fully saturated rings. The third-order valence-electron chi connectivity index (χ3n) is 3.00. The van der Waals surface area contributed by atoms with Crippen LogP contribution in [0.4, 0.5) is 5.69 Å². The fourth-order valence-electron chi connectivity index (χ4n) is 1.94. The Morgan fingerprint density at radius 3 is 2.85 bits per heavy atom. The Hall–Kier alpha value is -2.15. The van der Waals surface area contributed by atoms with Gasteiger partial charge in [0.05, 0.1) is 0 Å². The van der Waals surface area contributed by atoms with E-state index in [9.17, 15) is 13.2 Å². The second-order valence-electron chi connectivity index (χ2n) is 5.52. The highest BCUT2D eigenvalue weighted by Gasteiger charge is 2.19. The highest BCUT2D eigenvalue weighted by atomic mass is 35.5. The molecule has 1 amide bonds. The van der Waals surface area contributed by atoms with Crippen molar-refractivity contribution in [3.8, 4) is 0 Å². The quantitative estimate of drug-likeness (QED) is 0.273. The lowest BCUT2D eigenvalue weighted by Crippen LogP contribution is -2.39. The number of benzene rings is 1. The summed E-state index contributed by atoms with van der Waals surface area (Å²) in [5, 5.41) is 26.6. The van der Waals surface area contributed by atoms with Crippen molar-refractivity contribution in [2.75, 3.05) is 16.8 Å². The van der Waals surface area contributed by atoms with Crippen molar-refractivity contribution in [1.82, 2.24) is 15.6 Å². The van der Waals surface area contributed by atoms with Crippen LogP contribution >= 0.6 is 23.4 Å². The summed E-state index contributed by atoms with van der Waals surface area (Å²) in [6.45, 7) is 1.69. The first-order chi connectivity index (χ1) is 12.6. The molecule has 1 aromatic heterocycles. The number of amides is 1. The van der Waals surface area contributed by atoms with Crippen LogP contribution in [0.3, 0.4) is 0 Å². The molecule has 0 saturated heterocycles. The number of halogens is 1. The molecule has 27 heavy (non-hydrogen) atoms. The van der Waals surface area contributed by atoms with E-state index in [4.69, 9.17) is 26.8 Å². The molecule has 2 rings (SSSR count). The molecule has 0 aliphatic heterocycles. The molecule has 0 bridgehead atoms. The molecule has 0 saturated carbocycles. The van der Waals surface area contributed by atoms with Crippen LogP contribution in [0, 0.1) is 5.41 Å². The van der Waals surface area contributed by atoms with Crippen molar-refractivity contribution >= 4 is 50.8 Å². The molecule has 1 atom stereocenters. The van der Waals surface area contributed by atoms with Gasteiger partial charge in [-0.1, -0.05) is 29.4 Å². The van der Waals surface area contributed by atoms with Gasteiger partial charge >= 0.3 is 0 Å². The van der Waals surface area contributed by atoms with Crippen molar-refractivity contribution in [3.05, 3.63) is 35.0 Å². The van der Waals surface area contributed by atoms with Crippen molar-refractivity contribution in [2.45, 2.75) is 18.0 Å². The maximum atomic E-state index is 11.6. The van der Waals surface area contributed by atoms with Crippen LogP contribution in [-0.4, -0.2) is 48.0 Å². The highest BCUT2D eigenvalue weighted by molar-refractivity contribution is 7.99. The molecule has 1 heterocycles. The first kappa shape index (κ1) is 21.2. The minimum atomic E-state index is -3.88. The van der Waals surface area contributed by atoms with Crippen LogP contribution in [-0.2, 0) is 14.8 Å². The number of nitrogens with one attached hydrogen (secondary N) is 3. The number of nitrogens with two attached hydrogens (primary N) is 1. The summed E-state index contributed by atoms with van der Waals surface area (Å²) in [4.78, 5) is 11.6. The Labute approximate surface area is 164 Å². The fraction of sp³-hybridized carbons (Fsp3) is 0.286. The molecule has 0 spiro atoms. The van der Waals surface area contributed by atoms with Gasteiger partial charge in [0.15, 0.2) is 16.6 Å². The topological polar surface area (TPSA) is 164 Å².